The molecule has 1 fully saturated rings. The molecule has 0 aliphatic carbocycles. The van der Waals surface area contributed by atoms with Crippen LogP contribution in [0.2, 0.25) is 0 Å². The lowest BCUT2D eigenvalue weighted by Gasteiger charge is -2.15. The van der Waals surface area contributed by atoms with Gasteiger partial charge in [-0.05, 0) is 74.1 Å². The van der Waals surface area contributed by atoms with Gasteiger partial charge in [0.2, 0.25) is 5.95 Å². The van der Waals surface area contributed by atoms with Crippen LogP contribution >= 0.6 is 0 Å². The second-order valence-electron chi connectivity index (χ2n) is 8.15. The molecule has 0 saturated carbocycles. The van der Waals surface area contributed by atoms with Crippen molar-refractivity contribution in [3.63, 3.8) is 0 Å². The summed E-state index contributed by atoms with van der Waals surface area (Å²) in [5.74, 6) is 1.42. The number of aromatic nitrogens is 3. The summed E-state index contributed by atoms with van der Waals surface area (Å²) in [6.45, 7) is 6.10. The van der Waals surface area contributed by atoms with Crippen molar-refractivity contribution in [2.45, 2.75) is 19.8 Å². The smallest absolute Gasteiger partial charge is 0.227 e. The molecule has 4 aromatic rings. The average molecular weight is 426 g/mol. The summed E-state index contributed by atoms with van der Waals surface area (Å²) in [6.07, 6.45) is 6.28. The molecule has 0 amide bonds. The Bertz CT molecular complexity index is 1200. The molecule has 5 rings (SSSR count). The maximum Gasteiger partial charge on any atom is 0.227 e. The predicted octanol–water partition coefficient (Wildman–Crippen LogP) is 5.22. The first-order chi connectivity index (χ1) is 15.8. The topological polar surface area (TPSA) is 63.2 Å². The first kappa shape index (κ1) is 20.4. The van der Waals surface area contributed by atoms with Gasteiger partial charge in [-0.15, -0.1) is 0 Å². The van der Waals surface area contributed by atoms with Gasteiger partial charge >= 0.3 is 0 Å². The number of likely N-dealkylation sites (tertiary alicyclic amines) is 1. The van der Waals surface area contributed by atoms with Crippen LogP contribution in [0.15, 0.2) is 67.0 Å². The number of ether oxygens (including phenoxy) is 1. The van der Waals surface area contributed by atoms with Crippen molar-refractivity contribution in [3.8, 4) is 17.1 Å². The second kappa shape index (κ2) is 9.32. The summed E-state index contributed by atoms with van der Waals surface area (Å²) in [5, 5.41) is 5.53. The van der Waals surface area contributed by atoms with E-state index in [-0.39, 0.29) is 0 Å². The van der Waals surface area contributed by atoms with Gasteiger partial charge in [0.1, 0.15) is 12.4 Å². The van der Waals surface area contributed by atoms with Crippen molar-refractivity contribution in [3.05, 3.63) is 72.6 Å². The summed E-state index contributed by atoms with van der Waals surface area (Å²) < 4.78 is 5.90. The highest BCUT2D eigenvalue weighted by Crippen LogP contribution is 2.28. The zero-order chi connectivity index (χ0) is 21.8. The number of nitrogens with one attached hydrogen (secondary N) is 1. The Morgan fingerprint density at radius 2 is 1.75 bits per heavy atom. The average Bonchev–Trinajstić information content (AvgIpc) is 3.35. The van der Waals surface area contributed by atoms with E-state index in [0.717, 1.165) is 52.3 Å². The van der Waals surface area contributed by atoms with Gasteiger partial charge in [-0.1, -0.05) is 24.3 Å². The van der Waals surface area contributed by atoms with Crippen molar-refractivity contribution in [1.82, 2.24) is 19.9 Å². The largest absolute Gasteiger partial charge is 0.492 e. The maximum atomic E-state index is 5.90. The molecule has 0 unspecified atom stereocenters. The predicted molar refractivity (Wildman–Crippen MR) is 128 cm³/mol. The van der Waals surface area contributed by atoms with Crippen molar-refractivity contribution in [2.75, 3.05) is 31.6 Å². The van der Waals surface area contributed by atoms with Gasteiger partial charge in [-0.2, -0.15) is 0 Å². The molecule has 1 saturated heterocycles. The molecule has 2 aromatic heterocycles. The van der Waals surface area contributed by atoms with Gasteiger partial charge in [0.15, 0.2) is 0 Å². The fraction of sp³-hybridized carbons (Fsp3) is 0.269. The zero-order valence-corrected chi connectivity index (χ0v) is 18.3. The molecule has 0 radical (unpaired) electrons. The number of hydrogen-bond donors (Lipinski definition) is 1. The highest BCUT2D eigenvalue weighted by molar-refractivity contribution is 5.94. The highest BCUT2D eigenvalue weighted by atomic mass is 16.5. The molecule has 2 aromatic carbocycles. The number of hydrogen-bond acceptors (Lipinski definition) is 6. The number of anilines is 2. The molecular formula is C26H27N5O. The number of benzene rings is 2. The summed E-state index contributed by atoms with van der Waals surface area (Å²) in [4.78, 5) is 16.3. The van der Waals surface area contributed by atoms with Crippen molar-refractivity contribution in [2.24, 2.45) is 0 Å². The Labute approximate surface area is 188 Å². The third kappa shape index (κ3) is 4.55. The number of fused-ring (bicyclic) bond motifs is 1. The molecule has 6 heteroatoms. The Hall–Kier alpha value is -3.51. The summed E-state index contributed by atoms with van der Waals surface area (Å²) in [7, 11) is 0. The molecule has 6 nitrogen and oxygen atoms in total. The van der Waals surface area contributed by atoms with E-state index in [1.807, 2.05) is 61.8 Å². The minimum atomic E-state index is 0.544. The van der Waals surface area contributed by atoms with E-state index in [4.69, 9.17) is 9.72 Å². The first-order valence-electron chi connectivity index (χ1n) is 11.2. The summed E-state index contributed by atoms with van der Waals surface area (Å²) >= 11 is 0. The van der Waals surface area contributed by atoms with Crippen LogP contribution in [-0.2, 0) is 0 Å². The Balaban J connectivity index is 1.29. The SMILES string of the molecule is Cc1cnc(Nc2ccc(OCCN3CCCC3)cc2)nc1-c1nccc2ccccc12. The van der Waals surface area contributed by atoms with Gasteiger partial charge < -0.3 is 10.1 Å². The van der Waals surface area contributed by atoms with Crippen LogP contribution in [0.3, 0.4) is 0 Å². The minimum absolute atomic E-state index is 0.544. The van der Waals surface area contributed by atoms with E-state index < -0.39 is 0 Å². The lowest BCUT2D eigenvalue weighted by molar-refractivity contribution is 0.238. The number of nitrogens with zero attached hydrogens (tertiary/aromatic N) is 4. The monoisotopic (exact) mass is 425 g/mol. The second-order valence-corrected chi connectivity index (χ2v) is 8.15. The molecule has 162 valence electrons. The zero-order valence-electron chi connectivity index (χ0n) is 18.3. The fourth-order valence-corrected chi connectivity index (χ4v) is 4.11. The van der Waals surface area contributed by atoms with Gasteiger partial charge in [0.25, 0.3) is 0 Å². The van der Waals surface area contributed by atoms with Crippen LogP contribution in [0.5, 0.6) is 5.75 Å². The molecule has 32 heavy (non-hydrogen) atoms. The van der Waals surface area contributed by atoms with E-state index in [1.165, 1.54) is 25.9 Å². The normalized spacial score (nSPS) is 14.0. The number of pyridine rings is 1. The van der Waals surface area contributed by atoms with Crippen LogP contribution in [0.25, 0.3) is 22.2 Å². The van der Waals surface area contributed by atoms with E-state index in [2.05, 4.69) is 32.3 Å². The lowest BCUT2D eigenvalue weighted by Crippen LogP contribution is -2.25. The van der Waals surface area contributed by atoms with Crippen LogP contribution in [0.4, 0.5) is 11.6 Å². The molecule has 0 spiro atoms. The highest BCUT2D eigenvalue weighted by Gasteiger charge is 2.12. The van der Waals surface area contributed by atoms with Gasteiger partial charge in [-0.3, -0.25) is 9.88 Å². The number of aryl methyl sites for hydroxylation is 1. The maximum absolute atomic E-state index is 5.90. The molecule has 0 bridgehead atoms. The minimum Gasteiger partial charge on any atom is -0.492 e. The van der Waals surface area contributed by atoms with E-state index in [9.17, 15) is 0 Å². The molecule has 1 aliphatic heterocycles. The molecular weight excluding hydrogens is 398 g/mol. The Morgan fingerprint density at radius 3 is 2.59 bits per heavy atom. The fourth-order valence-electron chi connectivity index (χ4n) is 4.11. The number of rotatable bonds is 7. The van der Waals surface area contributed by atoms with Gasteiger partial charge in [-0.25, -0.2) is 9.97 Å². The van der Waals surface area contributed by atoms with E-state index in [0.29, 0.717) is 5.95 Å². The summed E-state index contributed by atoms with van der Waals surface area (Å²) in [5.41, 5.74) is 3.60. The van der Waals surface area contributed by atoms with Crippen LogP contribution in [0.1, 0.15) is 18.4 Å². The van der Waals surface area contributed by atoms with E-state index in [1.54, 1.807) is 0 Å². The lowest BCUT2D eigenvalue weighted by atomic mass is 10.1. The van der Waals surface area contributed by atoms with Gasteiger partial charge in [0.05, 0.1) is 11.4 Å². The van der Waals surface area contributed by atoms with Crippen LogP contribution < -0.4 is 10.1 Å². The van der Waals surface area contributed by atoms with Crippen molar-refractivity contribution < 1.29 is 4.74 Å². The van der Waals surface area contributed by atoms with Crippen LogP contribution in [-0.4, -0.2) is 46.1 Å². The third-order valence-corrected chi connectivity index (χ3v) is 5.86. The molecule has 3 heterocycles. The van der Waals surface area contributed by atoms with Crippen molar-refractivity contribution in [1.29, 1.82) is 0 Å². The third-order valence-electron chi connectivity index (χ3n) is 5.86. The Morgan fingerprint density at radius 1 is 0.938 bits per heavy atom. The standard InChI is InChI=1S/C26H27N5O/c1-19-18-28-26(30-24(19)25-23-7-3-2-6-20(23)12-13-27-25)29-21-8-10-22(11-9-21)32-17-16-31-14-4-5-15-31/h2-3,6-13,18H,4-5,14-17H2,1H3,(H,28,29,30). The quantitative estimate of drug-likeness (QED) is 0.438. The van der Waals surface area contributed by atoms with Crippen molar-refractivity contribution >= 4 is 22.4 Å². The summed E-state index contributed by atoms with van der Waals surface area (Å²) in [6, 6.07) is 18.2. The van der Waals surface area contributed by atoms with E-state index >= 15 is 0 Å². The molecule has 1 N–H and O–H groups in total. The first-order valence-corrected chi connectivity index (χ1v) is 11.2. The molecule has 1 aliphatic rings. The van der Waals surface area contributed by atoms with Gasteiger partial charge in [0, 0.05) is 30.0 Å². The van der Waals surface area contributed by atoms with Crippen LogP contribution in [0, 0.1) is 6.92 Å². The Kier molecular flexibility index (Phi) is 5.94. The molecule has 0 atom stereocenters.